The van der Waals surface area contributed by atoms with Crippen LogP contribution in [0.25, 0.3) is 0 Å². The van der Waals surface area contributed by atoms with Gasteiger partial charge < -0.3 is 11.1 Å². The number of nitrogens with one attached hydrogen (secondary N) is 1. The topological polar surface area (TPSA) is 55.1 Å². The van der Waals surface area contributed by atoms with Crippen molar-refractivity contribution in [2.75, 3.05) is 6.54 Å². The Bertz CT molecular complexity index is 525. The van der Waals surface area contributed by atoms with Gasteiger partial charge in [-0.2, -0.15) is 0 Å². The van der Waals surface area contributed by atoms with Crippen LogP contribution in [0.4, 0.5) is 0 Å². The highest BCUT2D eigenvalue weighted by atomic mass is 16.1. The third-order valence-corrected chi connectivity index (χ3v) is 3.17. The normalized spacial score (nSPS) is 20.8. The molecule has 1 aliphatic carbocycles. The minimum atomic E-state index is -0.0330. The maximum Gasteiger partial charge on any atom is 0.252 e. The number of aryl methyl sites for hydroxylation is 1. The second-order valence-corrected chi connectivity index (χ2v) is 4.85. The minimum Gasteiger partial charge on any atom is -0.349 e. The Labute approximate surface area is 108 Å². The molecule has 2 atom stereocenters. The molecule has 2 unspecified atom stereocenters. The van der Waals surface area contributed by atoms with Crippen molar-refractivity contribution in [2.24, 2.45) is 11.7 Å². The van der Waals surface area contributed by atoms with Gasteiger partial charge in [0.15, 0.2) is 0 Å². The highest BCUT2D eigenvalue weighted by molar-refractivity contribution is 5.97. The highest BCUT2D eigenvalue weighted by Crippen LogP contribution is 2.29. The van der Waals surface area contributed by atoms with Crippen molar-refractivity contribution >= 4 is 5.91 Å². The number of hydrogen-bond acceptors (Lipinski definition) is 2. The van der Waals surface area contributed by atoms with Gasteiger partial charge in [0.1, 0.15) is 0 Å². The molecule has 18 heavy (non-hydrogen) atoms. The SMILES string of the molecule is Cc1ccc(C#CCN)c(C(=O)NC2CC2C)c1. The molecule has 0 aliphatic heterocycles. The molecule has 0 saturated heterocycles. The molecule has 1 aromatic carbocycles. The molecule has 3 nitrogen and oxygen atoms in total. The molecule has 0 aromatic heterocycles. The molecule has 2 rings (SSSR count). The van der Waals surface area contributed by atoms with Crippen LogP contribution in [-0.4, -0.2) is 18.5 Å². The highest BCUT2D eigenvalue weighted by Gasteiger charge is 2.34. The summed E-state index contributed by atoms with van der Waals surface area (Å²) < 4.78 is 0. The summed E-state index contributed by atoms with van der Waals surface area (Å²) in [6.07, 6.45) is 1.07. The van der Waals surface area contributed by atoms with Crippen molar-refractivity contribution in [3.8, 4) is 11.8 Å². The Morgan fingerprint density at radius 3 is 2.89 bits per heavy atom. The van der Waals surface area contributed by atoms with Crippen LogP contribution in [0, 0.1) is 24.7 Å². The standard InChI is InChI=1S/C15H18N2O/c1-10-5-6-12(4-3-7-16)13(8-10)15(18)17-14-9-11(14)2/h5-6,8,11,14H,7,9,16H2,1-2H3,(H,17,18). The number of rotatable bonds is 2. The van der Waals surface area contributed by atoms with E-state index in [0.29, 0.717) is 24.1 Å². The van der Waals surface area contributed by atoms with E-state index in [1.165, 1.54) is 0 Å². The van der Waals surface area contributed by atoms with Crippen molar-refractivity contribution in [3.05, 3.63) is 34.9 Å². The number of nitrogens with two attached hydrogens (primary N) is 1. The van der Waals surface area contributed by atoms with Gasteiger partial charge in [-0.1, -0.05) is 30.4 Å². The Morgan fingerprint density at radius 2 is 2.28 bits per heavy atom. The smallest absolute Gasteiger partial charge is 0.252 e. The van der Waals surface area contributed by atoms with Crippen molar-refractivity contribution in [1.29, 1.82) is 0 Å². The molecule has 3 N–H and O–H groups in total. The predicted octanol–water partition coefficient (Wildman–Crippen LogP) is 1.44. The monoisotopic (exact) mass is 242 g/mol. The first-order valence-corrected chi connectivity index (χ1v) is 6.22. The van der Waals surface area contributed by atoms with Crippen molar-refractivity contribution in [1.82, 2.24) is 5.32 Å². The third-order valence-electron chi connectivity index (χ3n) is 3.17. The van der Waals surface area contributed by atoms with Crippen molar-refractivity contribution in [3.63, 3.8) is 0 Å². The molecule has 0 radical (unpaired) electrons. The van der Waals surface area contributed by atoms with Gasteiger partial charge in [0.2, 0.25) is 0 Å². The predicted molar refractivity (Wildman–Crippen MR) is 72.1 cm³/mol. The van der Waals surface area contributed by atoms with E-state index in [2.05, 4.69) is 24.1 Å². The van der Waals surface area contributed by atoms with Gasteiger partial charge in [-0.15, -0.1) is 0 Å². The molecule has 3 heteroatoms. The maximum absolute atomic E-state index is 12.2. The van der Waals surface area contributed by atoms with Gasteiger partial charge in [0.25, 0.3) is 5.91 Å². The van der Waals surface area contributed by atoms with Crippen molar-refractivity contribution < 1.29 is 4.79 Å². The summed E-state index contributed by atoms with van der Waals surface area (Å²) in [4.78, 5) is 12.2. The van der Waals surface area contributed by atoms with Gasteiger partial charge in [-0.05, 0) is 31.4 Å². The lowest BCUT2D eigenvalue weighted by Gasteiger charge is -2.07. The lowest BCUT2D eigenvalue weighted by Crippen LogP contribution is -2.27. The fourth-order valence-electron chi connectivity index (χ4n) is 1.87. The van der Waals surface area contributed by atoms with Crippen LogP contribution in [0.15, 0.2) is 18.2 Å². The molecule has 94 valence electrons. The number of carbonyl (C=O) groups is 1. The summed E-state index contributed by atoms with van der Waals surface area (Å²) in [5, 5.41) is 3.03. The molecule has 1 amide bonds. The second-order valence-electron chi connectivity index (χ2n) is 4.85. The molecule has 0 bridgehead atoms. The van der Waals surface area contributed by atoms with E-state index in [1.54, 1.807) is 0 Å². The lowest BCUT2D eigenvalue weighted by atomic mass is 10.0. The van der Waals surface area contributed by atoms with Crippen LogP contribution < -0.4 is 11.1 Å². The van der Waals surface area contributed by atoms with Crippen LogP contribution in [0.3, 0.4) is 0 Å². The second kappa shape index (κ2) is 5.24. The van der Waals surface area contributed by atoms with Crippen molar-refractivity contribution in [2.45, 2.75) is 26.3 Å². The van der Waals surface area contributed by atoms with Gasteiger partial charge in [0, 0.05) is 11.6 Å². The van der Waals surface area contributed by atoms with E-state index in [4.69, 9.17) is 5.73 Å². The van der Waals surface area contributed by atoms with Crippen LogP contribution in [0.1, 0.15) is 34.8 Å². The Hall–Kier alpha value is -1.79. The fourth-order valence-corrected chi connectivity index (χ4v) is 1.87. The van der Waals surface area contributed by atoms with E-state index in [9.17, 15) is 4.79 Å². The van der Waals surface area contributed by atoms with E-state index < -0.39 is 0 Å². The van der Waals surface area contributed by atoms with Crippen LogP contribution in [0.2, 0.25) is 0 Å². The Kier molecular flexibility index (Phi) is 3.69. The summed E-state index contributed by atoms with van der Waals surface area (Å²) in [6.45, 7) is 4.40. The number of hydrogen-bond donors (Lipinski definition) is 2. The molecule has 1 fully saturated rings. The van der Waals surface area contributed by atoms with E-state index in [-0.39, 0.29) is 5.91 Å². The maximum atomic E-state index is 12.2. The van der Waals surface area contributed by atoms with Gasteiger partial charge in [-0.3, -0.25) is 4.79 Å². The van der Waals surface area contributed by atoms with E-state index >= 15 is 0 Å². The summed E-state index contributed by atoms with van der Waals surface area (Å²) in [5.41, 5.74) is 7.82. The van der Waals surface area contributed by atoms with E-state index in [1.807, 2.05) is 25.1 Å². The first-order chi connectivity index (χ1) is 8.61. The average Bonchev–Trinajstić information content (AvgIpc) is 3.03. The zero-order valence-electron chi connectivity index (χ0n) is 10.8. The molecular weight excluding hydrogens is 224 g/mol. The first-order valence-electron chi connectivity index (χ1n) is 6.22. The zero-order valence-corrected chi connectivity index (χ0v) is 10.8. The summed E-state index contributed by atoms with van der Waals surface area (Å²) in [7, 11) is 0. The Balaban J connectivity index is 2.23. The largest absolute Gasteiger partial charge is 0.349 e. The average molecular weight is 242 g/mol. The molecule has 0 heterocycles. The molecule has 0 spiro atoms. The number of benzene rings is 1. The Morgan fingerprint density at radius 1 is 1.56 bits per heavy atom. The summed E-state index contributed by atoms with van der Waals surface area (Å²) in [6, 6.07) is 6.04. The molecular formula is C15H18N2O. The summed E-state index contributed by atoms with van der Waals surface area (Å²) in [5.74, 6) is 6.31. The van der Waals surface area contributed by atoms with Gasteiger partial charge in [-0.25, -0.2) is 0 Å². The van der Waals surface area contributed by atoms with Gasteiger partial charge >= 0.3 is 0 Å². The quantitative estimate of drug-likeness (QED) is 0.771. The number of amides is 1. The first kappa shape index (κ1) is 12.7. The van der Waals surface area contributed by atoms with Crippen LogP contribution in [-0.2, 0) is 0 Å². The van der Waals surface area contributed by atoms with E-state index in [0.717, 1.165) is 17.5 Å². The van der Waals surface area contributed by atoms with Crippen LogP contribution in [0.5, 0.6) is 0 Å². The van der Waals surface area contributed by atoms with Crippen LogP contribution >= 0.6 is 0 Å². The summed E-state index contributed by atoms with van der Waals surface area (Å²) >= 11 is 0. The lowest BCUT2D eigenvalue weighted by molar-refractivity contribution is 0.0949. The molecule has 1 aromatic rings. The minimum absolute atomic E-state index is 0.0330. The molecule has 1 aliphatic rings. The number of carbonyl (C=O) groups excluding carboxylic acids is 1. The zero-order chi connectivity index (χ0) is 13.1. The molecule has 1 saturated carbocycles. The third kappa shape index (κ3) is 2.91. The fraction of sp³-hybridized carbons (Fsp3) is 0.400. The van der Waals surface area contributed by atoms with Gasteiger partial charge in [0.05, 0.1) is 12.1 Å².